The van der Waals surface area contributed by atoms with Crippen molar-refractivity contribution < 1.29 is 9.53 Å². The molecule has 0 unspecified atom stereocenters. The molecule has 1 aromatic heterocycles. The fourth-order valence-electron chi connectivity index (χ4n) is 2.05. The highest BCUT2D eigenvalue weighted by Gasteiger charge is 2.15. The van der Waals surface area contributed by atoms with Crippen molar-refractivity contribution in [1.82, 2.24) is 9.55 Å². The number of nitrogens with zero attached hydrogens (tertiary/aromatic N) is 2. The zero-order chi connectivity index (χ0) is 14.5. The van der Waals surface area contributed by atoms with Gasteiger partial charge in [0.1, 0.15) is 5.75 Å². The first-order valence-corrected chi connectivity index (χ1v) is 6.94. The first-order valence-electron chi connectivity index (χ1n) is 6.94. The van der Waals surface area contributed by atoms with E-state index in [1.54, 1.807) is 18.3 Å². The van der Waals surface area contributed by atoms with E-state index in [2.05, 4.69) is 11.9 Å². The number of carbonyl (C=O) groups is 1. The molecule has 0 amide bonds. The van der Waals surface area contributed by atoms with Gasteiger partial charge in [0.05, 0.1) is 6.10 Å². The van der Waals surface area contributed by atoms with E-state index >= 15 is 0 Å². The van der Waals surface area contributed by atoms with Crippen LogP contribution in [0.5, 0.6) is 5.75 Å². The summed E-state index contributed by atoms with van der Waals surface area (Å²) in [6, 6.07) is 7.25. The molecule has 0 bridgehead atoms. The minimum atomic E-state index is -0.0716. The van der Waals surface area contributed by atoms with Gasteiger partial charge in [-0.1, -0.05) is 19.1 Å². The molecule has 4 heteroatoms. The molecule has 0 spiro atoms. The predicted octanol–water partition coefficient (Wildman–Crippen LogP) is 3.31. The molecule has 0 aliphatic carbocycles. The highest BCUT2D eigenvalue weighted by molar-refractivity contribution is 6.06. The van der Waals surface area contributed by atoms with Gasteiger partial charge in [-0.3, -0.25) is 4.79 Å². The Bertz CT molecular complexity index is 588. The Kier molecular flexibility index (Phi) is 4.56. The van der Waals surface area contributed by atoms with Crippen molar-refractivity contribution in [2.75, 3.05) is 0 Å². The lowest BCUT2D eigenvalue weighted by Gasteiger charge is -2.11. The third kappa shape index (κ3) is 3.26. The first-order chi connectivity index (χ1) is 9.61. The molecular formula is C16H20N2O2. The molecule has 0 saturated carbocycles. The first kappa shape index (κ1) is 14.3. The molecule has 0 radical (unpaired) electrons. The van der Waals surface area contributed by atoms with Crippen LogP contribution in [0.15, 0.2) is 36.7 Å². The van der Waals surface area contributed by atoms with Gasteiger partial charge in [0, 0.05) is 24.5 Å². The van der Waals surface area contributed by atoms with Crippen LogP contribution in [0.2, 0.25) is 0 Å². The molecule has 2 rings (SSSR count). The van der Waals surface area contributed by atoms with Crippen molar-refractivity contribution in [2.45, 2.75) is 39.8 Å². The molecule has 0 aliphatic rings. The number of hydrogen-bond donors (Lipinski definition) is 0. The lowest BCUT2D eigenvalue weighted by atomic mass is 10.1. The summed E-state index contributed by atoms with van der Waals surface area (Å²) in [6.45, 7) is 6.79. The molecule has 1 heterocycles. The number of ether oxygens (including phenoxy) is 1. The molecule has 1 aromatic carbocycles. The number of rotatable bonds is 6. The molecule has 106 valence electrons. The fraction of sp³-hybridized carbons (Fsp3) is 0.375. The highest BCUT2D eigenvalue weighted by atomic mass is 16.5. The topological polar surface area (TPSA) is 44.1 Å². The van der Waals surface area contributed by atoms with Crippen LogP contribution in [0.1, 0.15) is 43.4 Å². The van der Waals surface area contributed by atoms with Crippen molar-refractivity contribution >= 4 is 5.78 Å². The second kappa shape index (κ2) is 6.37. The van der Waals surface area contributed by atoms with Crippen molar-refractivity contribution in [3.8, 4) is 5.75 Å². The lowest BCUT2D eigenvalue weighted by molar-refractivity contribution is 0.102. The van der Waals surface area contributed by atoms with Crippen LogP contribution in [0.4, 0.5) is 0 Å². The summed E-state index contributed by atoms with van der Waals surface area (Å²) in [5.41, 5.74) is 0.603. The van der Waals surface area contributed by atoms with E-state index in [0.29, 0.717) is 17.1 Å². The number of carbonyl (C=O) groups excluding carboxylic acids is 1. The van der Waals surface area contributed by atoms with Crippen LogP contribution in [0, 0.1) is 0 Å². The smallest absolute Gasteiger partial charge is 0.228 e. The number of imidazole rings is 1. The molecule has 0 atom stereocenters. The minimum absolute atomic E-state index is 0.0716. The van der Waals surface area contributed by atoms with E-state index in [9.17, 15) is 4.79 Å². The molecule has 0 N–H and O–H groups in total. The van der Waals surface area contributed by atoms with Crippen molar-refractivity contribution in [2.24, 2.45) is 0 Å². The summed E-state index contributed by atoms with van der Waals surface area (Å²) >= 11 is 0. The monoisotopic (exact) mass is 272 g/mol. The van der Waals surface area contributed by atoms with Gasteiger partial charge in [-0.25, -0.2) is 4.98 Å². The van der Waals surface area contributed by atoms with E-state index < -0.39 is 0 Å². The van der Waals surface area contributed by atoms with Gasteiger partial charge in [0.2, 0.25) is 5.78 Å². The quantitative estimate of drug-likeness (QED) is 0.758. The summed E-state index contributed by atoms with van der Waals surface area (Å²) in [5, 5.41) is 0. The van der Waals surface area contributed by atoms with Crippen molar-refractivity contribution in [3.63, 3.8) is 0 Å². The van der Waals surface area contributed by atoms with Gasteiger partial charge >= 0.3 is 0 Å². The molecule has 0 aliphatic heterocycles. The molecule has 0 fully saturated rings. The number of aryl methyl sites for hydroxylation is 1. The minimum Gasteiger partial charge on any atom is -0.491 e. The predicted molar refractivity (Wildman–Crippen MR) is 78.2 cm³/mol. The number of hydrogen-bond acceptors (Lipinski definition) is 3. The van der Waals surface area contributed by atoms with Crippen LogP contribution in [0.25, 0.3) is 0 Å². The van der Waals surface area contributed by atoms with Gasteiger partial charge in [0.25, 0.3) is 0 Å². The van der Waals surface area contributed by atoms with Gasteiger partial charge in [-0.15, -0.1) is 0 Å². The summed E-state index contributed by atoms with van der Waals surface area (Å²) in [7, 11) is 0. The fourth-order valence-corrected chi connectivity index (χ4v) is 2.05. The average molecular weight is 272 g/mol. The summed E-state index contributed by atoms with van der Waals surface area (Å²) in [6.07, 6.45) is 4.55. The molecule has 2 aromatic rings. The van der Waals surface area contributed by atoms with Gasteiger partial charge < -0.3 is 9.30 Å². The number of aromatic nitrogens is 2. The maximum Gasteiger partial charge on any atom is 0.228 e. The summed E-state index contributed by atoms with van der Waals surface area (Å²) < 4.78 is 7.51. The van der Waals surface area contributed by atoms with Gasteiger partial charge in [0.15, 0.2) is 5.82 Å². The molecule has 20 heavy (non-hydrogen) atoms. The van der Waals surface area contributed by atoms with E-state index in [0.717, 1.165) is 13.0 Å². The number of benzene rings is 1. The standard InChI is InChI=1S/C16H20N2O2/c1-4-9-18-10-8-17-16(18)15(19)13-6-5-7-14(11-13)20-12(2)3/h5-8,10-12H,4,9H2,1-3H3. The van der Waals surface area contributed by atoms with E-state index in [1.165, 1.54) is 0 Å². The Labute approximate surface area is 119 Å². The second-order valence-corrected chi connectivity index (χ2v) is 4.97. The Morgan fingerprint density at radius 3 is 2.90 bits per heavy atom. The van der Waals surface area contributed by atoms with E-state index in [-0.39, 0.29) is 11.9 Å². The Morgan fingerprint density at radius 1 is 1.40 bits per heavy atom. The van der Waals surface area contributed by atoms with Crippen LogP contribution in [-0.2, 0) is 6.54 Å². The maximum absolute atomic E-state index is 12.5. The maximum atomic E-state index is 12.5. The van der Waals surface area contributed by atoms with Crippen molar-refractivity contribution in [1.29, 1.82) is 0 Å². The largest absolute Gasteiger partial charge is 0.491 e. The summed E-state index contributed by atoms with van der Waals surface area (Å²) in [5.74, 6) is 1.12. The van der Waals surface area contributed by atoms with Crippen LogP contribution < -0.4 is 4.74 Å². The zero-order valence-corrected chi connectivity index (χ0v) is 12.2. The average Bonchev–Trinajstić information content (AvgIpc) is 2.86. The molecule has 4 nitrogen and oxygen atoms in total. The molecular weight excluding hydrogens is 252 g/mol. The third-order valence-electron chi connectivity index (χ3n) is 2.85. The van der Waals surface area contributed by atoms with E-state index in [1.807, 2.05) is 36.7 Å². The lowest BCUT2D eigenvalue weighted by Crippen LogP contribution is -2.12. The van der Waals surface area contributed by atoms with Gasteiger partial charge in [-0.2, -0.15) is 0 Å². The molecule has 0 saturated heterocycles. The van der Waals surface area contributed by atoms with Crippen LogP contribution >= 0.6 is 0 Å². The van der Waals surface area contributed by atoms with Gasteiger partial charge in [-0.05, 0) is 32.4 Å². The normalized spacial score (nSPS) is 10.8. The van der Waals surface area contributed by atoms with Crippen LogP contribution in [0.3, 0.4) is 0 Å². The third-order valence-corrected chi connectivity index (χ3v) is 2.85. The Balaban J connectivity index is 2.26. The van der Waals surface area contributed by atoms with Crippen molar-refractivity contribution in [3.05, 3.63) is 48.0 Å². The second-order valence-electron chi connectivity index (χ2n) is 4.97. The zero-order valence-electron chi connectivity index (χ0n) is 12.2. The SMILES string of the molecule is CCCn1ccnc1C(=O)c1cccc(OC(C)C)c1. The highest BCUT2D eigenvalue weighted by Crippen LogP contribution is 2.17. The number of ketones is 1. The summed E-state index contributed by atoms with van der Waals surface area (Å²) in [4.78, 5) is 16.7. The van der Waals surface area contributed by atoms with E-state index in [4.69, 9.17) is 4.74 Å². The Morgan fingerprint density at radius 2 is 2.20 bits per heavy atom. The van der Waals surface area contributed by atoms with Crippen LogP contribution in [-0.4, -0.2) is 21.4 Å². The Hall–Kier alpha value is -2.10.